The minimum atomic E-state index is -2.95. The number of nitrogens with zero attached hydrogens (tertiary/aromatic N) is 2. The van der Waals surface area contributed by atoms with Crippen LogP contribution in [0.3, 0.4) is 0 Å². The van der Waals surface area contributed by atoms with Crippen LogP contribution in [0, 0.1) is 0 Å². The van der Waals surface area contributed by atoms with E-state index in [9.17, 15) is 8.42 Å². The van der Waals surface area contributed by atoms with Crippen molar-refractivity contribution in [2.45, 2.75) is 32.0 Å². The number of piperazine rings is 1. The Balaban J connectivity index is 1.43. The van der Waals surface area contributed by atoms with Gasteiger partial charge in [0.2, 0.25) is 0 Å². The molecule has 2 heterocycles. The summed E-state index contributed by atoms with van der Waals surface area (Å²) in [5.74, 6) is 2.22. The van der Waals surface area contributed by atoms with Crippen molar-refractivity contribution in [1.29, 1.82) is 0 Å². The lowest BCUT2D eigenvalue weighted by Gasteiger charge is -2.44. The highest BCUT2D eigenvalue weighted by Gasteiger charge is 2.46. The molecule has 2 saturated heterocycles. The molecule has 5 nitrogen and oxygen atoms in total. The van der Waals surface area contributed by atoms with Gasteiger partial charge in [-0.2, -0.15) is 0 Å². The summed E-state index contributed by atoms with van der Waals surface area (Å²) in [5, 5.41) is 0. The maximum Gasteiger partial charge on any atom is 0.153 e. The van der Waals surface area contributed by atoms with Crippen LogP contribution in [0.15, 0.2) is 54.6 Å². The molecule has 2 aliphatic rings. The van der Waals surface area contributed by atoms with E-state index in [4.69, 9.17) is 4.74 Å². The lowest BCUT2D eigenvalue weighted by molar-refractivity contribution is 0.0405. The van der Waals surface area contributed by atoms with E-state index in [1.807, 2.05) is 42.5 Å². The lowest BCUT2D eigenvalue weighted by Crippen LogP contribution is -2.58. The van der Waals surface area contributed by atoms with E-state index in [2.05, 4.69) is 28.9 Å². The van der Waals surface area contributed by atoms with Crippen LogP contribution in [0.4, 0.5) is 0 Å². The maximum absolute atomic E-state index is 12.3. The Morgan fingerprint density at radius 3 is 2.18 bits per heavy atom. The van der Waals surface area contributed by atoms with Crippen molar-refractivity contribution in [1.82, 2.24) is 9.80 Å². The number of ether oxygens (including phenoxy) is 1. The average molecular weight is 401 g/mol. The zero-order valence-corrected chi connectivity index (χ0v) is 17.1. The van der Waals surface area contributed by atoms with Gasteiger partial charge in [0.05, 0.1) is 11.5 Å². The molecule has 0 spiro atoms. The number of hydrogen-bond acceptors (Lipinski definition) is 5. The van der Waals surface area contributed by atoms with Crippen molar-refractivity contribution in [3.8, 4) is 11.5 Å². The Hall–Kier alpha value is -1.89. The summed E-state index contributed by atoms with van der Waals surface area (Å²) in [5.41, 5.74) is 1.19. The van der Waals surface area contributed by atoms with E-state index in [0.717, 1.165) is 44.1 Å². The molecule has 2 fully saturated rings. The third-order valence-electron chi connectivity index (χ3n) is 5.70. The lowest BCUT2D eigenvalue weighted by atomic mass is 10.0. The van der Waals surface area contributed by atoms with E-state index in [-0.39, 0.29) is 17.8 Å². The third kappa shape index (κ3) is 4.40. The zero-order chi connectivity index (χ0) is 19.6. The fraction of sp³-hybridized carbons (Fsp3) is 0.455. The highest BCUT2D eigenvalue weighted by molar-refractivity contribution is 7.91. The number of sulfone groups is 1. The van der Waals surface area contributed by atoms with E-state index in [0.29, 0.717) is 5.75 Å². The molecule has 150 valence electrons. The van der Waals surface area contributed by atoms with Gasteiger partial charge in [-0.1, -0.05) is 37.3 Å². The molecule has 2 aromatic carbocycles. The molecule has 6 heteroatoms. The molecule has 2 aromatic rings. The fourth-order valence-corrected chi connectivity index (χ4v) is 6.42. The number of rotatable bonds is 6. The Kier molecular flexibility index (Phi) is 5.71. The SMILES string of the molecule is CCCN1CCN(Cc2ccc(Oc3ccccc3)cc2)[C@H]2CS(=O)(=O)C[C@H]21. The van der Waals surface area contributed by atoms with Gasteiger partial charge in [0.25, 0.3) is 0 Å². The van der Waals surface area contributed by atoms with Crippen LogP contribution < -0.4 is 4.74 Å². The molecule has 2 atom stereocenters. The molecule has 0 aliphatic carbocycles. The molecule has 2 aliphatic heterocycles. The Labute approximate surface area is 167 Å². The first-order valence-electron chi connectivity index (χ1n) is 10.0. The van der Waals surface area contributed by atoms with Crippen LogP contribution in [0.1, 0.15) is 18.9 Å². The summed E-state index contributed by atoms with van der Waals surface area (Å²) in [6.07, 6.45) is 1.06. The van der Waals surface area contributed by atoms with Gasteiger partial charge >= 0.3 is 0 Å². The van der Waals surface area contributed by atoms with Crippen LogP contribution in [-0.4, -0.2) is 61.4 Å². The standard InChI is InChI=1S/C22H28N2O3S/c1-2-12-23-13-14-24(22-17-28(25,26)16-21(22)23)15-18-8-10-20(11-9-18)27-19-6-4-3-5-7-19/h3-11,21-22H,2,12-17H2,1H3/t21-,22+/m1/s1. The molecule has 0 bridgehead atoms. The molecular weight excluding hydrogens is 372 g/mol. The summed E-state index contributed by atoms with van der Waals surface area (Å²) < 4.78 is 30.4. The van der Waals surface area contributed by atoms with Crippen LogP contribution in [0.2, 0.25) is 0 Å². The third-order valence-corrected chi connectivity index (χ3v) is 7.40. The predicted molar refractivity (Wildman–Crippen MR) is 111 cm³/mol. The van der Waals surface area contributed by atoms with Crippen molar-refractivity contribution < 1.29 is 13.2 Å². The molecular formula is C22H28N2O3S. The highest BCUT2D eigenvalue weighted by atomic mass is 32.2. The second-order valence-electron chi connectivity index (χ2n) is 7.78. The van der Waals surface area contributed by atoms with E-state index in [1.54, 1.807) is 0 Å². The quantitative estimate of drug-likeness (QED) is 0.745. The highest BCUT2D eigenvalue weighted by Crippen LogP contribution is 2.29. The number of fused-ring (bicyclic) bond motifs is 1. The molecule has 0 unspecified atom stereocenters. The summed E-state index contributed by atoms with van der Waals surface area (Å²) in [4.78, 5) is 4.73. The number of hydrogen-bond donors (Lipinski definition) is 0. The average Bonchev–Trinajstić information content (AvgIpc) is 3.02. The minimum Gasteiger partial charge on any atom is -0.457 e. The summed E-state index contributed by atoms with van der Waals surface area (Å²) in [6.45, 7) is 5.78. The van der Waals surface area contributed by atoms with Gasteiger partial charge < -0.3 is 4.74 Å². The molecule has 0 radical (unpaired) electrons. The zero-order valence-electron chi connectivity index (χ0n) is 16.3. The fourth-order valence-electron chi connectivity index (χ4n) is 4.38. The summed E-state index contributed by atoms with van der Waals surface area (Å²) >= 11 is 0. The van der Waals surface area contributed by atoms with Crippen molar-refractivity contribution in [3.63, 3.8) is 0 Å². The number of benzene rings is 2. The topological polar surface area (TPSA) is 49.9 Å². The first-order valence-corrected chi connectivity index (χ1v) is 11.9. The van der Waals surface area contributed by atoms with Gasteiger partial charge in [0.1, 0.15) is 11.5 Å². The summed E-state index contributed by atoms with van der Waals surface area (Å²) in [6, 6.07) is 18.1. The Morgan fingerprint density at radius 2 is 1.50 bits per heavy atom. The maximum atomic E-state index is 12.3. The van der Waals surface area contributed by atoms with Gasteiger partial charge in [0.15, 0.2) is 9.84 Å². The molecule has 0 saturated carbocycles. The van der Waals surface area contributed by atoms with Crippen LogP contribution in [0.5, 0.6) is 11.5 Å². The monoisotopic (exact) mass is 400 g/mol. The van der Waals surface area contributed by atoms with E-state index >= 15 is 0 Å². The second kappa shape index (κ2) is 8.23. The first kappa shape index (κ1) is 19.4. The van der Waals surface area contributed by atoms with Crippen molar-refractivity contribution >= 4 is 9.84 Å². The molecule has 0 amide bonds. The Morgan fingerprint density at radius 1 is 0.893 bits per heavy atom. The van der Waals surface area contributed by atoms with Crippen LogP contribution in [-0.2, 0) is 16.4 Å². The van der Waals surface area contributed by atoms with E-state index in [1.165, 1.54) is 5.56 Å². The first-order chi connectivity index (χ1) is 13.5. The van der Waals surface area contributed by atoms with Gasteiger partial charge in [-0.15, -0.1) is 0 Å². The number of para-hydroxylation sites is 1. The molecule has 0 aromatic heterocycles. The summed E-state index contributed by atoms with van der Waals surface area (Å²) in [7, 11) is -2.95. The second-order valence-corrected chi connectivity index (χ2v) is 9.93. The van der Waals surface area contributed by atoms with E-state index < -0.39 is 9.84 Å². The van der Waals surface area contributed by atoms with Crippen LogP contribution in [0.25, 0.3) is 0 Å². The predicted octanol–water partition coefficient (Wildman–Crippen LogP) is 3.17. The molecule has 28 heavy (non-hydrogen) atoms. The normalized spacial score (nSPS) is 24.8. The van der Waals surface area contributed by atoms with Gasteiger partial charge in [-0.25, -0.2) is 8.42 Å². The van der Waals surface area contributed by atoms with Crippen LogP contribution >= 0.6 is 0 Å². The van der Waals surface area contributed by atoms with Crippen molar-refractivity contribution in [2.24, 2.45) is 0 Å². The van der Waals surface area contributed by atoms with Gasteiger partial charge in [-0.05, 0) is 42.8 Å². The van der Waals surface area contributed by atoms with Crippen molar-refractivity contribution in [3.05, 3.63) is 60.2 Å². The largest absolute Gasteiger partial charge is 0.457 e. The smallest absolute Gasteiger partial charge is 0.153 e. The molecule has 0 N–H and O–H groups in total. The van der Waals surface area contributed by atoms with Gasteiger partial charge in [0, 0.05) is 31.7 Å². The van der Waals surface area contributed by atoms with Gasteiger partial charge in [-0.3, -0.25) is 9.80 Å². The minimum absolute atomic E-state index is 0.102. The Bertz CT molecular complexity index is 884. The molecule has 4 rings (SSSR count). The van der Waals surface area contributed by atoms with Crippen molar-refractivity contribution in [2.75, 3.05) is 31.1 Å².